The van der Waals surface area contributed by atoms with Crippen LogP contribution >= 0.6 is 0 Å². The van der Waals surface area contributed by atoms with Gasteiger partial charge in [0.2, 0.25) is 0 Å². The van der Waals surface area contributed by atoms with Crippen LogP contribution in [-0.4, -0.2) is 36.7 Å². The van der Waals surface area contributed by atoms with Crippen molar-refractivity contribution < 1.29 is 17.6 Å². The zero-order valence-electron chi connectivity index (χ0n) is 5.92. The van der Waals surface area contributed by atoms with Crippen molar-refractivity contribution in [2.45, 2.75) is 18.9 Å². The van der Waals surface area contributed by atoms with Crippen molar-refractivity contribution in [3.05, 3.63) is 6.54 Å². The first-order chi connectivity index (χ1) is 5.59. The lowest BCUT2D eigenvalue weighted by Crippen LogP contribution is -2.26. The molecular weight excluding hydrogens is 176 g/mol. The highest BCUT2D eigenvalue weighted by molar-refractivity contribution is 5.59. The second kappa shape index (κ2) is 3.73. The summed E-state index contributed by atoms with van der Waals surface area (Å²) in [6, 6.07) is -1.32. The molecule has 1 aliphatic rings. The zero-order valence-corrected chi connectivity index (χ0v) is 5.92. The molecule has 1 rings (SSSR count). The summed E-state index contributed by atoms with van der Waals surface area (Å²) in [6.45, 7) is 0.309. The minimum absolute atomic E-state index is 0.632. The van der Waals surface area contributed by atoms with Gasteiger partial charge < -0.3 is 4.90 Å². The van der Waals surface area contributed by atoms with Crippen molar-refractivity contribution in [2.24, 2.45) is 4.99 Å². The Bertz CT molecular complexity index is 171. The summed E-state index contributed by atoms with van der Waals surface area (Å²) in [5.74, 6) is 0. The first kappa shape index (κ1) is 9.28. The standard InChI is InChI=1S/C6H6F4N2/c7-5(8)2-12-1-4(6(9)10)11-3-12/h1,4-6H,2H2. The van der Waals surface area contributed by atoms with Crippen molar-refractivity contribution in [3.63, 3.8) is 0 Å². The fourth-order valence-corrected chi connectivity index (χ4v) is 0.764. The summed E-state index contributed by atoms with van der Waals surface area (Å²) in [5, 5.41) is 0. The molecule has 12 heavy (non-hydrogen) atoms. The second-order valence-corrected chi connectivity index (χ2v) is 2.25. The summed E-state index contributed by atoms with van der Waals surface area (Å²) >= 11 is 0. The van der Waals surface area contributed by atoms with E-state index >= 15 is 0 Å². The van der Waals surface area contributed by atoms with E-state index in [2.05, 4.69) is 11.3 Å². The highest BCUT2D eigenvalue weighted by atomic mass is 19.3. The fourth-order valence-electron chi connectivity index (χ4n) is 0.764. The van der Waals surface area contributed by atoms with E-state index in [0.29, 0.717) is 0 Å². The Kier molecular flexibility index (Phi) is 2.88. The highest BCUT2D eigenvalue weighted by Gasteiger charge is 2.28. The van der Waals surface area contributed by atoms with Crippen molar-refractivity contribution in [1.29, 1.82) is 0 Å². The molecule has 1 unspecified atom stereocenters. The lowest BCUT2D eigenvalue weighted by atomic mass is 10.3. The van der Waals surface area contributed by atoms with E-state index in [1.165, 1.54) is 0 Å². The molecule has 6 heteroatoms. The fraction of sp³-hybridized carbons (Fsp3) is 0.667. The van der Waals surface area contributed by atoms with Gasteiger partial charge in [0.15, 0.2) is 6.34 Å². The SMILES string of the molecule is FC(F)CN1[C]=NC(C(F)F)[CH]1. The molecule has 0 N–H and O–H groups in total. The minimum Gasteiger partial charge on any atom is -0.341 e. The third-order valence-electron chi connectivity index (χ3n) is 1.26. The number of halogens is 4. The van der Waals surface area contributed by atoms with Crippen LogP contribution in [0.25, 0.3) is 0 Å². The maximum atomic E-state index is 11.9. The lowest BCUT2D eigenvalue weighted by molar-refractivity contribution is 0.107. The monoisotopic (exact) mass is 182 g/mol. The second-order valence-electron chi connectivity index (χ2n) is 2.25. The van der Waals surface area contributed by atoms with Gasteiger partial charge in [0.25, 0.3) is 12.9 Å². The molecule has 0 aromatic rings. The summed E-state index contributed by atoms with van der Waals surface area (Å²) in [5.41, 5.74) is 0. The predicted molar refractivity (Wildman–Crippen MR) is 34.2 cm³/mol. The van der Waals surface area contributed by atoms with Gasteiger partial charge in [0, 0.05) is 0 Å². The summed E-state index contributed by atoms with van der Waals surface area (Å²) in [4.78, 5) is 4.06. The molecule has 0 fully saturated rings. The number of alkyl halides is 4. The average molecular weight is 182 g/mol. The van der Waals surface area contributed by atoms with Crippen molar-refractivity contribution in [1.82, 2.24) is 4.90 Å². The lowest BCUT2D eigenvalue weighted by Gasteiger charge is -2.13. The molecule has 0 aromatic heterocycles. The average Bonchev–Trinajstić information content (AvgIpc) is 2.34. The number of hydrogen-bond acceptors (Lipinski definition) is 2. The number of aliphatic imine (C=N–C) groups is 1. The Morgan fingerprint density at radius 1 is 1.42 bits per heavy atom. The van der Waals surface area contributed by atoms with Gasteiger partial charge in [-0.25, -0.2) is 17.6 Å². The zero-order chi connectivity index (χ0) is 9.14. The summed E-state index contributed by atoms with van der Waals surface area (Å²) < 4.78 is 47.1. The van der Waals surface area contributed by atoms with E-state index in [-0.39, 0.29) is 0 Å². The Morgan fingerprint density at radius 3 is 2.50 bits per heavy atom. The van der Waals surface area contributed by atoms with Gasteiger partial charge in [-0.3, -0.25) is 4.99 Å². The summed E-state index contributed by atoms with van der Waals surface area (Å²) in [7, 11) is 0. The van der Waals surface area contributed by atoms with Crippen molar-refractivity contribution in [2.75, 3.05) is 6.54 Å². The van der Waals surface area contributed by atoms with Gasteiger partial charge in [-0.2, -0.15) is 0 Å². The largest absolute Gasteiger partial charge is 0.341 e. The van der Waals surface area contributed by atoms with Crippen LogP contribution in [-0.2, 0) is 0 Å². The Morgan fingerprint density at radius 2 is 2.08 bits per heavy atom. The van der Waals surface area contributed by atoms with Gasteiger partial charge >= 0.3 is 0 Å². The molecule has 0 saturated heterocycles. The normalized spacial score (nSPS) is 23.2. The van der Waals surface area contributed by atoms with Crippen LogP contribution in [0, 0.1) is 6.54 Å². The molecule has 0 spiro atoms. The van der Waals surface area contributed by atoms with Crippen molar-refractivity contribution >= 4 is 6.34 Å². The van der Waals surface area contributed by atoms with Gasteiger partial charge in [0.05, 0.1) is 13.1 Å². The van der Waals surface area contributed by atoms with E-state index in [4.69, 9.17) is 0 Å². The minimum atomic E-state index is -2.65. The third-order valence-corrected chi connectivity index (χ3v) is 1.26. The van der Waals surface area contributed by atoms with Crippen LogP contribution in [0.15, 0.2) is 4.99 Å². The molecule has 0 bridgehead atoms. The van der Waals surface area contributed by atoms with E-state index in [1.807, 2.05) is 0 Å². The molecule has 2 radical (unpaired) electrons. The third kappa shape index (κ3) is 2.35. The molecule has 1 atom stereocenters. The molecular formula is C6H6F4N2. The predicted octanol–water partition coefficient (Wildman–Crippen LogP) is 1.27. The molecule has 0 saturated carbocycles. The van der Waals surface area contributed by atoms with Crippen LogP contribution in [0.1, 0.15) is 0 Å². The molecule has 0 aliphatic carbocycles. The van der Waals surface area contributed by atoms with Gasteiger partial charge in [-0.1, -0.05) is 0 Å². The van der Waals surface area contributed by atoms with E-state index in [0.717, 1.165) is 11.4 Å². The smallest absolute Gasteiger partial charge is 0.262 e. The maximum Gasteiger partial charge on any atom is 0.262 e. The first-order valence-corrected chi connectivity index (χ1v) is 3.23. The molecule has 1 aliphatic heterocycles. The Balaban J connectivity index is 2.32. The van der Waals surface area contributed by atoms with Crippen LogP contribution in [0.2, 0.25) is 0 Å². The molecule has 0 aromatic carbocycles. The number of hydrogen-bond donors (Lipinski definition) is 0. The quantitative estimate of drug-likeness (QED) is 0.600. The number of nitrogens with zero attached hydrogens (tertiary/aromatic N) is 2. The van der Waals surface area contributed by atoms with Crippen LogP contribution in [0.4, 0.5) is 17.6 Å². The molecule has 0 amide bonds. The Labute approximate surface area is 66.9 Å². The van der Waals surface area contributed by atoms with E-state index < -0.39 is 25.4 Å². The molecule has 68 valence electrons. The van der Waals surface area contributed by atoms with Crippen LogP contribution < -0.4 is 0 Å². The van der Waals surface area contributed by atoms with Gasteiger partial charge in [-0.15, -0.1) is 0 Å². The molecule has 2 nitrogen and oxygen atoms in total. The van der Waals surface area contributed by atoms with Gasteiger partial charge in [0.1, 0.15) is 6.04 Å². The molecule has 1 heterocycles. The first-order valence-electron chi connectivity index (χ1n) is 3.23. The van der Waals surface area contributed by atoms with E-state index in [9.17, 15) is 17.6 Å². The number of rotatable bonds is 3. The Hall–Kier alpha value is -0.810. The summed E-state index contributed by atoms with van der Waals surface area (Å²) in [6.07, 6.45) is -3.16. The van der Waals surface area contributed by atoms with Crippen molar-refractivity contribution in [3.8, 4) is 0 Å². The van der Waals surface area contributed by atoms with Crippen LogP contribution in [0.5, 0.6) is 0 Å². The maximum absolute atomic E-state index is 11.9. The van der Waals surface area contributed by atoms with E-state index in [1.54, 1.807) is 0 Å². The van der Waals surface area contributed by atoms with Crippen LogP contribution in [0.3, 0.4) is 0 Å². The highest BCUT2D eigenvalue weighted by Crippen LogP contribution is 2.16. The topological polar surface area (TPSA) is 15.6 Å². The van der Waals surface area contributed by atoms with Gasteiger partial charge in [-0.05, 0) is 0 Å².